The normalized spacial score (nSPS) is 24.7. The fraction of sp³-hybridized carbons (Fsp3) is 0.524. The maximum atomic E-state index is 15.0. The van der Waals surface area contributed by atoms with Crippen LogP contribution in [-0.4, -0.2) is 89.8 Å². The number of hydrogen-bond acceptors (Lipinski definition) is 8. The van der Waals surface area contributed by atoms with Gasteiger partial charge < -0.3 is 34.6 Å². The minimum Gasteiger partial charge on any atom is -0.455 e. The standard InChI is InChI=1S/C42H56N4O7/c1-8-12-18-34(48)43-28(7)37(29-16-14-13-15-17-29)52-41(51)35-33-23-24-42(53-33)36(35)39(49)46(32(26-47)27(5)6)38(42)40(50)45(25-9-2)31-21-19-30(20-22-31)44(10-3)11-4/h8-9,13-17,19-22,27-28,32-33,35-38,47H,1-2,10-12,18,23-26H2,3-7H3,(H,43,48)/t28-,32-,33-,35+,36+,37-,38-,42+/m0/s1. The summed E-state index contributed by atoms with van der Waals surface area (Å²) in [6.45, 7) is 18.8. The van der Waals surface area contributed by atoms with Crippen LogP contribution in [0.3, 0.4) is 0 Å². The number of hydrogen-bond donors (Lipinski definition) is 2. The number of nitrogens with one attached hydrogen (secondary N) is 1. The maximum absolute atomic E-state index is 15.0. The fourth-order valence-electron chi connectivity index (χ4n) is 8.59. The molecule has 0 radical (unpaired) electrons. The summed E-state index contributed by atoms with van der Waals surface area (Å²) in [4.78, 5) is 62.3. The van der Waals surface area contributed by atoms with Gasteiger partial charge in [0.05, 0.1) is 36.6 Å². The molecule has 286 valence electrons. The van der Waals surface area contributed by atoms with Gasteiger partial charge in [-0.2, -0.15) is 0 Å². The number of nitrogens with zero attached hydrogens (tertiary/aromatic N) is 3. The van der Waals surface area contributed by atoms with Crippen molar-refractivity contribution in [2.75, 3.05) is 36.0 Å². The first kappa shape index (κ1) is 39.7. The Kier molecular flexibility index (Phi) is 12.8. The van der Waals surface area contributed by atoms with Crippen molar-refractivity contribution in [2.24, 2.45) is 17.8 Å². The predicted octanol–water partition coefficient (Wildman–Crippen LogP) is 5.20. The second-order valence-electron chi connectivity index (χ2n) is 14.7. The van der Waals surface area contributed by atoms with Crippen molar-refractivity contribution in [1.29, 1.82) is 0 Å². The number of rotatable bonds is 18. The summed E-state index contributed by atoms with van der Waals surface area (Å²) < 4.78 is 13.0. The van der Waals surface area contributed by atoms with Crippen LogP contribution in [-0.2, 0) is 28.7 Å². The molecule has 2 bridgehead atoms. The van der Waals surface area contributed by atoms with Crippen molar-refractivity contribution < 1.29 is 33.8 Å². The van der Waals surface area contributed by atoms with Gasteiger partial charge in [-0.25, -0.2) is 0 Å². The van der Waals surface area contributed by atoms with Crippen LogP contribution in [0.4, 0.5) is 11.4 Å². The summed E-state index contributed by atoms with van der Waals surface area (Å²) in [7, 11) is 0. The SMILES string of the molecule is C=CCCC(=O)N[C@@H](C)[C@H](OC(=O)[C@@H]1[C@@H]2CC[C@]3(O2)[C@H](C(=O)N(CC=C)c2ccc(N(CC)CC)cc2)N([C@@H](CO)C(C)C)C(=O)[C@@H]13)c1ccccc1. The van der Waals surface area contributed by atoms with E-state index in [9.17, 15) is 19.5 Å². The predicted molar refractivity (Wildman–Crippen MR) is 205 cm³/mol. The fourth-order valence-corrected chi connectivity index (χ4v) is 8.59. The number of anilines is 2. The van der Waals surface area contributed by atoms with Crippen LogP contribution < -0.4 is 15.1 Å². The summed E-state index contributed by atoms with van der Waals surface area (Å²) in [6.07, 6.45) is 3.43. The van der Waals surface area contributed by atoms with Gasteiger partial charge in [0, 0.05) is 37.4 Å². The molecule has 8 atom stereocenters. The number of allylic oxidation sites excluding steroid dienone is 1. The molecular formula is C42H56N4O7. The Bertz CT molecular complexity index is 1630. The van der Waals surface area contributed by atoms with Crippen molar-refractivity contribution in [3.05, 3.63) is 85.5 Å². The lowest BCUT2D eigenvalue weighted by Gasteiger charge is -2.40. The molecule has 0 saturated carbocycles. The van der Waals surface area contributed by atoms with E-state index in [0.717, 1.165) is 18.8 Å². The quantitative estimate of drug-likeness (QED) is 0.159. The first-order valence-electron chi connectivity index (χ1n) is 19.0. The van der Waals surface area contributed by atoms with Gasteiger partial charge >= 0.3 is 5.97 Å². The van der Waals surface area contributed by atoms with Gasteiger partial charge in [-0.3, -0.25) is 19.2 Å². The molecule has 1 spiro atoms. The van der Waals surface area contributed by atoms with Gasteiger partial charge in [-0.15, -0.1) is 13.2 Å². The lowest BCUT2D eigenvalue weighted by Crippen LogP contribution is -2.59. The van der Waals surface area contributed by atoms with E-state index in [1.165, 1.54) is 4.90 Å². The maximum Gasteiger partial charge on any atom is 0.313 e. The summed E-state index contributed by atoms with van der Waals surface area (Å²) >= 11 is 0. The molecular weight excluding hydrogens is 672 g/mol. The second-order valence-corrected chi connectivity index (χ2v) is 14.7. The molecule has 3 heterocycles. The molecule has 3 aliphatic rings. The Balaban J connectivity index is 1.51. The topological polar surface area (TPSA) is 129 Å². The largest absolute Gasteiger partial charge is 0.455 e. The highest BCUT2D eigenvalue weighted by molar-refractivity contribution is 6.05. The van der Waals surface area contributed by atoms with E-state index in [2.05, 4.69) is 37.2 Å². The minimum absolute atomic E-state index is 0.179. The van der Waals surface area contributed by atoms with Crippen LogP contribution in [0, 0.1) is 17.8 Å². The molecule has 3 amide bonds. The highest BCUT2D eigenvalue weighted by Crippen LogP contribution is 2.59. The molecule has 2 aromatic rings. The minimum atomic E-state index is -1.31. The molecule has 5 rings (SSSR count). The van der Waals surface area contributed by atoms with E-state index in [1.54, 1.807) is 24.0 Å². The number of aliphatic hydroxyl groups excluding tert-OH is 1. The number of carbonyl (C=O) groups excluding carboxylic acids is 4. The Labute approximate surface area is 314 Å². The van der Waals surface area contributed by atoms with E-state index in [-0.39, 0.29) is 37.3 Å². The van der Waals surface area contributed by atoms with Gasteiger partial charge in [-0.05, 0) is 75.8 Å². The van der Waals surface area contributed by atoms with Gasteiger partial charge in [-0.1, -0.05) is 56.3 Å². The lowest BCUT2D eigenvalue weighted by molar-refractivity contribution is -0.162. The van der Waals surface area contributed by atoms with Gasteiger partial charge in [0.2, 0.25) is 11.8 Å². The van der Waals surface area contributed by atoms with Crippen molar-refractivity contribution in [1.82, 2.24) is 10.2 Å². The molecule has 3 fully saturated rings. The number of aliphatic hydroxyl groups is 1. The zero-order chi connectivity index (χ0) is 38.4. The molecule has 53 heavy (non-hydrogen) atoms. The van der Waals surface area contributed by atoms with Crippen LogP contribution in [0.2, 0.25) is 0 Å². The van der Waals surface area contributed by atoms with Crippen molar-refractivity contribution in [2.45, 2.75) is 96.2 Å². The van der Waals surface area contributed by atoms with Crippen LogP contribution in [0.25, 0.3) is 0 Å². The average molecular weight is 729 g/mol. The third-order valence-electron chi connectivity index (χ3n) is 11.2. The van der Waals surface area contributed by atoms with Gasteiger partial charge in [0.25, 0.3) is 5.91 Å². The van der Waals surface area contributed by atoms with Crippen molar-refractivity contribution in [3.8, 4) is 0 Å². The number of ether oxygens (including phenoxy) is 2. The van der Waals surface area contributed by atoms with Crippen LogP contribution in [0.1, 0.15) is 72.0 Å². The molecule has 0 unspecified atom stereocenters. The first-order chi connectivity index (χ1) is 25.5. The molecule has 3 aliphatic heterocycles. The Morgan fingerprint density at radius 2 is 1.70 bits per heavy atom. The number of amides is 3. The zero-order valence-electron chi connectivity index (χ0n) is 31.8. The van der Waals surface area contributed by atoms with E-state index < -0.39 is 59.6 Å². The van der Waals surface area contributed by atoms with Gasteiger partial charge in [0.15, 0.2) is 0 Å². The summed E-state index contributed by atoms with van der Waals surface area (Å²) in [6, 6.07) is 14.5. The number of carbonyl (C=O) groups is 4. The highest BCUT2D eigenvalue weighted by Gasteiger charge is 2.76. The molecule has 11 heteroatoms. The first-order valence-corrected chi connectivity index (χ1v) is 19.0. The van der Waals surface area contributed by atoms with Gasteiger partial charge in [0.1, 0.15) is 17.7 Å². The molecule has 11 nitrogen and oxygen atoms in total. The summed E-state index contributed by atoms with van der Waals surface area (Å²) in [5.74, 6) is -3.77. The van der Waals surface area contributed by atoms with E-state index in [1.807, 2.05) is 68.4 Å². The number of benzene rings is 2. The Hall–Kier alpha value is -4.48. The van der Waals surface area contributed by atoms with Crippen LogP contribution >= 0.6 is 0 Å². The average Bonchev–Trinajstić information content (AvgIpc) is 3.80. The monoisotopic (exact) mass is 728 g/mol. The number of fused-ring (bicyclic) bond motifs is 1. The van der Waals surface area contributed by atoms with E-state index in [0.29, 0.717) is 30.5 Å². The molecule has 0 aliphatic carbocycles. The second kappa shape index (κ2) is 17.1. The molecule has 2 aromatic carbocycles. The molecule has 2 N–H and O–H groups in total. The molecule has 0 aromatic heterocycles. The number of likely N-dealkylation sites (tertiary alicyclic amines) is 1. The smallest absolute Gasteiger partial charge is 0.313 e. The zero-order valence-corrected chi connectivity index (χ0v) is 31.8. The van der Waals surface area contributed by atoms with E-state index >= 15 is 4.79 Å². The Morgan fingerprint density at radius 1 is 1.04 bits per heavy atom. The van der Waals surface area contributed by atoms with E-state index in [4.69, 9.17) is 9.47 Å². The van der Waals surface area contributed by atoms with Crippen molar-refractivity contribution >= 4 is 35.1 Å². The third kappa shape index (κ3) is 7.64. The molecule has 3 saturated heterocycles. The Morgan fingerprint density at radius 3 is 2.28 bits per heavy atom. The van der Waals surface area contributed by atoms with Crippen LogP contribution in [0.15, 0.2) is 79.9 Å². The number of esters is 1. The lowest BCUT2D eigenvalue weighted by atomic mass is 9.70. The highest BCUT2D eigenvalue weighted by atomic mass is 16.6. The summed E-state index contributed by atoms with van der Waals surface area (Å²) in [5, 5.41) is 13.6. The van der Waals surface area contributed by atoms with Crippen LogP contribution in [0.5, 0.6) is 0 Å². The third-order valence-corrected chi connectivity index (χ3v) is 11.2. The van der Waals surface area contributed by atoms with Crippen molar-refractivity contribution in [3.63, 3.8) is 0 Å². The summed E-state index contributed by atoms with van der Waals surface area (Å²) in [5.41, 5.74) is 1.05.